The van der Waals surface area contributed by atoms with Gasteiger partial charge in [-0.25, -0.2) is 0 Å². The Morgan fingerprint density at radius 3 is 2.46 bits per heavy atom. The maximum atomic E-state index is 11.7. The first kappa shape index (κ1) is 20.1. The van der Waals surface area contributed by atoms with Gasteiger partial charge in [0.1, 0.15) is 5.75 Å². The SMILES string of the molecule is O=C(CNC(=O)COc1ccc(Cl)cc1Cl)NCCCc1ccccc1. The lowest BCUT2D eigenvalue weighted by Crippen LogP contribution is -2.39. The molecule has 0 unspecified atom stereocenters. The van der Waals surface area contributed by atoms with Gasteiger partial charge >= 0.3 is 0 Å². The van der Waals surface area contributed by atoms with Crippen molar-refractivity contribution in [2.45, 2.75) is 12.8 Å². The van der Waals surface area contributed by atoms with Crippen molar-refractivity contribution in [3.8, 4) is 5.75 Å². The molecule has 0 radical (unpaired) electrons. The maximum absolute atomic E-state index is 11.7. The number of amides is 2. The zero-order chi connectivity index (χ0) is 18.8. The second-order valence-corrected chi connectivity index (χ2v) is 6.42. The van der Waals surface area contributed by atoms with Crippen molar-refractivity contribution in [1.82, 2.24) is 10.6 Å². The van der Waals surface area contributed by atoms with Gasteiger partial charge in [-0.3, -0.25) is 9.59 Å². The van der Waals surface area contributed by atoms with Crippen LogP contribution in [0.4, 0.5) is 0 Å². The summed E-state index contributed by atoms with van der Waals surface area (Å²) >= 11 is 11.7. The molecule has 0 saturated heterocycles. The van der Waals surface area contributed by atoms with Crippen LogP contribution in [0.25, 0.3) is 0 Å². The average Bonchev–Trinajstić information content (AvgIpc) is 2.63. The molecular weight excluding hydrogens is 375 g/mol. The number of halogens is 2. The standard InChI is InChI=1S/C19H20Cl2N2O3/c20-15-8-9-17(16(21)11-15)26-13-19(25)23-12-18(24)22-10-4-7-14-5-2-1-3-6-14/h1-3,5-6,8-9,11H,4,7,10,12-13H2,(H,22,24)(H,23,25). The van der Waals surface area contributed by atoms with E-state index in [2.05, 4.69) is 22.8 Å². The van der Waals surface area contributed by atoms with Gasteiger partial charge in [-0.1, -0.05) is 53.5 Å². The lowest BCUT2D eigenvalue weighted by molar-refractivity contribution is -0.127. The molecule has 7 heteroatoms. The summed E-state index contributed by atoms with van der Waals surface area (Å²) < 4.78 is 5.30. The lowest BCUT2D eigenvalue weighted by Gasteiger charge is -2.09. The Morgan fingerprint density at radius 2 is 1.73 bits per heavy atom. The number of nitrogens with one attached hydrogen (secondary N) is 2. The molecule has 0 heterocycles. The van der Waals surface area contributed by atoms with Crippen molar-refractivity contribution in [3.63, 3.8) is 0 Å². The molecule has 2 rings (SSSR count). The summed E-state index contributed by atoms with van der Waals surface area (Å²) in [6.45, 7) is 0.227. The Balaban J connectivity index is 1.58. The molecule has 0 atom stereocenters. The Labute approximate surface area is 162 Å². The predicted octanol–water partition coefficient (Wildman–Crippen LogP) is 3.24. The van der Waals surface area contributed by atoms with Crippen molar-refractivity contribution in [2.75, 3.05) is 19.7 Å². The third kappa shape index (κ3) is 7.33. The molecule has 2 amide bonds. The van der Waals surface area contributed by atoms with Crippen LogP contribution in [0.1, 0.15) is 12.0 Å². The van der Waals surface area contributed by atoms with Gasteiger partial charge in [0.2, 0.25) is 5.91 Å². The molecule has 0 saturated carbocycles. The van der Waals surface area contributed by atoms with Gasteiger partial charge < -0.3 is 15.4 Å². The van der Waals surface area contributed by atoms with Gasteiger partial charge in [0.25, 0.3) is 5.91 Å². The number of aryl methyl sites for hydroxylation is 1. The predicted molar refractivity (Wildman–Crippen MR) is 103 cm³/mol. The highest BCUT2D eigenvalue weighted by Gasteiger charge is 2.08. The molecule has 0 bridgehead atoms. The minimum atomic E-state index is -0.407. The molecule has 0 aliphatic rings. The van der Waals surface area contributed by atoms with Crippen LogP contribution in [0.15, 0.2) is 48.5 Å². The fraction of sp³-hybridized carbons (Fsp3) is 0.263. The molecule has 0 aliphatic carbocycles. The van der Waals surface area contributed by atoms with E-state index < -0.39 is 5.91 Å². The van der Waals surface area contributed by atoms with Gasteiger partial charge in [-0.15, -0.1) is 0 Å². The van der Waals surface area contributed by atoms with Crippen LogP contribution < -0.4 is 15.4 Å². The smallest absolute Gasteiger partial charge is 0.258 e. The molecule has 0 aromatic heterocycles. The van der Waals surface area contributed by atoms with Crippen molar-refractivity contribution in [3.05, 3.63) is 64.1 Å². The van der Waals surface area contributed by atoms with E-state index in [-0.39, 0.29) is 19.1 Å². The highest BCUT2D eigenvalue weighted by Crippen LogP contribution is 2.27. The van der Waals surface area contributed by atoms with Crippen molar-refractivity contribution in [2.24, 2.45) is 0 Å². The van der Waals surface area contributed by atoms with Crippen molar-refractivity contribution in [1.29, 1.82) is 0 Å². The summed E-state index contributed by atoms with van der Waals surface area (Å²) in [5, 5.41) is 6.07. The third-order valence-electron chi connectivity index (χ3n) is 3.51. The Kier molecular flexibility index (Phi) is 8.25. The van der Waals surface area contributed by atoms with E-state index in [0.29, 0.717) is 22.3 Å². The number of benzene rings is 2. The normalized spacial score (nSPS) is 10.2. The maximum Gasteiger partial charge on any atom is 0.258 e. The van der Waals surface area contributed by atoms with E-state index in [1.807, 2.05) is 18.2 Å². The quantitative estimate of drug-likeness (QED) is 0.641. The van der Waals surface area contributed by atoms with Crippen LogP contribution in [0.3, 0.4) is 0 Å². The van der Waals surface area contributed by atoms with E-state index in [0.717, 1.165) is 12.8 Å². The molecule has 138 valence electrons. The average molecular weight is 395 g/mol. The number of hydrogen-bond acceptors (Lipinski definition) is 3. The molecule has 5 nitrogen and oxygen atoms in total. The molecule has 26 heavy (non-hydrogen) atoms. The van der Waals surface area contributed by atoms with Gasteiger partial charge in [0.05, 0.1) is 11.6 Å². The van der Waals surface area contributed by atoms with Gasteiger partial charge in [-0.2, -0.15) is 0 Å². The van der Waals surface area contributed by atoms with Gasteiger partial charge in [0.15, 0.2) is 6.61 Å². The number of carbonyl (C=O) groups excluding carboxylic acids is 2. The molecule has 2 N–H and O–H groups in total. The number of ether oxygens (including phenoxy) is 1. The second kappa shape index (κ2) is 10.7. The van der Waals surface area contributed by atoms with E-state index in [1.54, 1.807) is 12.1 Å². The lowest BCUT2D eigenvalue weighted by atomic mass is 10.1. The number of rotatable bonds is 9. The second-order valence-electron chi connectivity index (χ2n) is 5.58. The molecule has 2 aromatic carbocycles. The van der Waals surface area contributed by atoms with Crippen LogP contribution >= 0.6 is 23.2 Å². The zero-order valence-electron chi connectivity index (χ0n) is 14.1. The minimum absolute atomic E-state index is 0.0954. The van der Waals surface area contributed by atoms with Crippen LogP contribution in [-0.4, -0.2) is 31.5 Å². The van der Waals surface area contributed by atoms with Gasteiger partial charge in [-0.05, 0) is 36.6 Å². The molecule has 0 aliphatic heterocycles. The summed E-state index contributed by atoms with van der Waals surface area (Å²) in [7, 11) is 0. The van der Waals surface area contributed by atoms with Crippen LogP contribution in [0, 0.1) is 0 Å². The molecule has 0 fully saturated rings. The third-order valence-corrected chi connectivity index (χ3v) is 4.04. The summed E-state index contributed by atoms with van der Waals surface area (Å²) in [6.07, 6.45) is 1.73. The number of hydrogen-bond donors (Lipinski definition) is 2. The summed E-state index contributed by atoms with van der Waals surface area (Å²) in [5.41, 5.74) is 1.23. The van der Waals surface area contributed by atoms with E-state index in [4.69, 9.17) is 27.9 Å². The zero-order valence-corrected chi connectivity index (χ0v) is 15.6. The largest absolute Gasteiger partial charge is 0.482 e. The highest BCUT2D eigenvalue weighted by molar-refractivity contribution is 6.35. The van der Waals surface area contributed by atoms with E-state index in [1.165, 1.54) is 11.6 Å². The van der Waals surface area contributed by atoms with E-state index in [9.17, 15) is 9.59 Å². The fourth-order valence-electron chi connectivity index (χ4n) is 2.19. The Morgan fingerprint density at radius 1 is 0.962 bits per heavy atom. The topological polar surface area (TPSA) is 67.4 Å². The monoisotopic (exact) mass is 394 g/mol. The highest BCUT2D eigenvalue weighted by atomic mass is 35.5. The van der Waals surface area contributed by atoms with Crippen molar-refractivity contribution < 1.29 is 14.3 Å². The minimum Gasteiger partial charge on any atom is -0.482 e. The summed E-state index contributed by atoms with van der Waals surface area (Å²) in [6, 6.07) is 14.8. The first-order valence-corrected chi connectivity index (χ1v) is 8.95. The molecule has 0 spiro atoms. The van der Waals surface area contributed by atoms with Crippen molar-refractivity contribution >= 4 is 35.0 Å². The first-order chi connectivity index (χ1) is 12.5. The Hall–Kier alpha value is -2.24. The molecular formula is C19H20Cl2N2O3. The fourth-order valence-corrected chi connectivity index (χ4v) is 2.66. The van der Waals surface area contributed by atoms with Crippen LogP contribution in [-0.2, 0) is 16.0 Å². The summed E-state index contributed by atoms with van der Waals surface area (Å²) in [4.78, 5) is 23.5. The molecule has 2 aromatic rings. The Bertz CT molecular complexity index is 739. The van der Waals surface area contributed by atoms with Gasteiger partial charge in [0, 0.05) is 11.6 Å². The van der Waals surface area contributed by atoms with E-state index >= 15 is 0 Å². The first-order valence-electron chi connectivity index (χ1n) is 8.20. The summed E-state index contributed by atoms with van der Waals surface area (Å²) in [5.74, 6) is -0.289. The van der Waals surface area contributed by atoms with Crippen LogP contribution in [0.5, 0.6) is 5.75 Å². The number of carbonyl (C=O) groups is 2. The van der Waals surface area contributed by atoms with Crippen LogP contribution in [0.2, 0.25) is 10.0 Å².